The fraction of sp³-hybridized carbons (Fsp3) is 0.217. The van der Waals surface area contributed by atoms with Crippen LogP contribution in [-0.2, 0) is 16.4 Å². The average molecular weight is 410 g/mol. The number of sulfonamides is 1. The first-order valence-corrected chi connectivity index (χ1v) is 11.4. The second-order valence-electron chi connectivity index (χ2n) is 7.23. The Bertz CT molecular complexity index is 1280. The quantitative estimate of drug-likeness (QED) is 0.424. The summed E-state index contributed by atoms with van der Waals surface area (Å²) in [7, 11) is -3.33. The van der Waals surface area contributed by atoms with Gasteiger partial charge in [0.2, 0.25) is 10.0 Å². The van der Waals surface area contributed by atoms with Crippen molar-refractivity contribution in [1.82, 2.24) is 0 Å². The summed E-state index contributed by atoms with van der Waals surface area (Å²) in [5.41, 5.74) is 4.23. The van der Waals surface area contributed by atoms with E-state index in [4.69, 9.17) is 8.83 Å². The number of rotatable bonds is 6. The first kappa shape index (κ1) is 19.3. The summed E-state index contributed by atoms with van der Waals surface area (Å²) >= 11 is 0. The van der Waals surface area contributed by atoms with Crippen molar-refractivity contribution in [2.24, 2.45) is 0 Å². The molecule has 4 aromatic rings. The normalized spacial score (nSPS) is 11.8. The van der Waals surface area contributed by atoms with Crippen molar-refractivity contribution in [3.8, 4) is 22.5 Å². The molecule has 2 heterocycles. The van der Waals surface area contributed by atoms with E-state index in [-0.39, 0.29) is 0 Å². The van der Waals surface area contributed by atoms with Crippen molar-refractivity contribution in [2.75, 3.05) is 11.0 Å². The largest absolute Gasteiger partial charge is 0.461 e. The van der Waals surface area contributed by atoms with Crippen LogP contribution in [-0.4, -0.2) is 14.7 Å². The summed E-state index contributed by atoms with van der Waals surface area (Å²) in [4.78, 5) is 0. The monoisotopic (exact) mass is 409 g/mol. The van der Waals surface area contributed by atoms with Crippen LogP contribution in [0.3, 0.4) is 0 Å². The lowest BCUT2D eigenvalue weighted by atomic mass is 10.00. The summed E-state index contributed by atoms with van der Waals surface area (Å²) in [6, 6.07) is 17.3. The minimum absolute atomic E-state index is 0.533. The van der Waals surface area contributed by atoms with E-state index in [9.17, 15) is 8.42 Å². The maximum absolute atomic E-state index is 11.6. The van der Waals surface area contributed by atoms with Gasteiger partial charge >= 0.3 is 0 Å². The summed E-state index contributed by atoms with van der Waals surface area (Å²) in [5, 5.41) is 0.988. The smallest absolute Gasteiger partial charge is 0.229 e. The zero-order chi connectivity index (χ0) is 20.6. The van der Waals surface area contributed by atoms with E-state index >= 15 is 0 Å². The zero-order valence-electron chi connectivity index (χ0n) is 16.7. The standard InChI is InChI=1S/C23H23NO4S/c1-4-6-21-23(22-11-9-15(2)27-22)19-14-17(10-12-20(19)28-21)16-7-5-8-18(13-16)24-29(3,25)26/h5,7-14,24H,4,6H2,1-3H3. The fourth-order valence-corrected chi connectivity index (χ4v) is 4.10. The minimum atomic E-state index is -3.33. The Morgan fingerprint density at radius 1 is 0.966 bits per heavy atom. The number of aryl methyl sites for hydroxylation is 2. The molecule has 0 saturated carbocycles. The zero-order valence-corrected chi connectivity index (χ0v) is 17.5. The molecule has 150 valence electrons. The lowest BCUT2D eigenvalue weighted by molar-refractivity contribution is 0.529. The molecule has 0 fully saturated rings. The second-order valence-corrected chi connectivity index (χ2v) is 8.97. The molecule has 29 heavy (non-hydrogen) atoms. The predicted molar refractivity (Wildman–Crippen MR) is 117 cm³/mol. The molecule has 2 aromatic heterocycles. The molecule has 4 rings (SSSR count). The van der Waals surface area contributed by atoms with Gasteiger partial charge in [-0.3, -0.25) is 4.72 Å². The van der Waals surface area contributed by atoms with Gasteiger partial charge in [0.05, 0.1) is 11.8 Å². The van der Waals surface area contributed by atoms with Crippen molar-refractivity contribution >= 4 is 26.7 Å². The first-order valence-electron chi connectivity index (χ1n) is 9.54. The number of hydrogen-bond donors (Lipinski definition) is 1. The molecular formula is C23H23NO4S. The van der Waals surface area contributed by atoms with Gasteiger partial charge in [-0.05, 0) is 60.9 Å². The van der Waals surface area contributed by atoms with E-state index in [1.165, 1.54) is 0 Å². The highest BCUT2D eigenvalue weighted by molar-refractivity contribution is 7.92. The Balaban J connectivity index is 1.85. The van der Waals surface area contributed by atoms with Gasteiger partial charge < -0.3 is 8.83 Å². The topological polar surface area (TPSA) is 72.5 Å². The highest BCUT2D eigenvalue weighted by Crippen LogP contribution is 2.38. The molecule has 0 saturated heterocycles. The molecule has 0 atom stereocenters. The number of benzene rings is 2. The van der Waals surface area contributed by atoms with E-state index in [2.05, 4.69) is 17.7 Å². The summed E-state index contributed by atoms with van der Waals surface area (Å²) < 4.78 is 37.7. The van der Waals surface area contributed by atoms with Crippen LogP contribution in [0.25, 0.3) is 33.4 Å². The van der Waals surface area contributed by atoms with Gasteiger partial charge in [0, 0.05) is 17.5 Å². The molecular weight excluding hydrogens is 386 g/mol. The Labute approximate surface area is 170 Å². The highest BCUT2D eigenvalue weighted by atomic mass is 32.2. The van der Waals surface area contributed by atoms with Gasteiger partial charge in [0.15, 0.2) is 0 Å². The van der Waals surface area contributed by atoms with Crippen LogP contribution in [0, 0.1) is 6.92 Å². The molecule has 0 aliphatic carbocycles. The van der Waals surface area contributed by atoms with Crippen LogP contribution in [0.15, 0.2) is 63.4 Å². The van der Waals surface area contributed by atoms with Crippen LogP contribution >= 0.6 is 0 Å². The lowest BCUT2D eigenvalue weighted by Gasteiger charge is -2.07. The summed E-state index contributed by atoms with van der Waals surface area (Å²) in [6.45, 7) is 4.05. The van der Waals surface area contributed by atoms with Crippen LogP contribution in [0.5, 0.6) is 0 Å². The third kappa shape index (κ3) is 4.07. The molecule has 0 radical (unpaired) electrons. The Morgan fingerprint density at radius 3 is 2.45 bits per heavy atom. The van der Waals surface area contributed by atoms with E-state index < -0.39 is 10.0 Å². The van der Waals surface area contributed by atoms with Gasteiger partial charge in [-0.2, -0.15) is 0 Å². The Hall–Kier alpha value is -2.99. The van der Waals surface area contributed by atoms with Crippen molar-refractivity contribution in [3.63, 3.8) is 0 Å². The van der Waals surface area contributed by atoms with Crippen molar-refractivity contribution < 1.29 is 17.3 Å². The summed E-state index contributed by atoms with van der Waals surface area (Å²) in [5.74, 6) is 2.57. The number of nitrogens with one attached hydrogen (secondary N) is 1. The predicted octanol–water partition coefficient (Wildman–Crippen LogP) is 5.99. The number of anilines is 1. The Kier molecular flexibility index (Phi) is 4.96. The molecule has 6 heteroatoms. The van der Waals surface area contributed by atoms with Crippen LogP contribution in [0.1, 0.15) is 24.9 Å². The van der Waals surface area contributed by atoms with Crippen molar-refractivity contribution in [1.29, 1.82) is 0 Å². The van der Waals surface area contributed by atoms with E-state index in [0.29, 0.717) is 5.69 Å². The Morgan fingerprint density at radius 2 is 1.76 bits per heavy atom. The fourth-order valence-electron chi connectivity index (χ4n) is 3.55. The highest BCUT2D eigenvalue weighted by Gasteiger charge is 2.19. The first-order chi connectivity index (χ1) is 13.8. The number of hydrogen-bond acceptors (Lipinski definition) is 4. The molecule has 5 nitrogen and oxygen atoms in total. The second kappa shape index (κ2) is 7.44. The van der Waals surface area contributed by atoms with Crippen molar-refractivity contribution in [3.05, 3.63) is 66.1 Å². The third-order valence-corrected chi connectivity index (χ3v) is 5.33. The van der Waals surface area contributed by atoms with Crippen LogP contribution in [0.2, 0.25) is 0 Å². The van der Waals surface area contributed by atoms with Gasteiger partial charge in [0.25, 0.3) is 0 Å². The van der Waals surface area contributed by atoms with Gasteiger partial charge in [-0.15, -0.1) is 0 Å². The molecule has 1 N–H and O–H groups in total. The molecule has 0 bridgehead atoms. The van der Waals surface area contributed by atoms with Crippen molar-refractivity contribution in [2.45, 2.75) is 26.7 Å². The van der Waals surface area contributed by atoms with Gasteiger partial charge in [-0.1, -0.05) is 25.1 Å². The van der Waals surface area contributed by atoms with E-state index in [1.807, 2.05) is 49.4 Å². The number of furan rings is 2. The van der Waals surface area contributed by atoms with Crippen LogP contribution in [0.4, 0.5) is 5.69 Å². The molecule has 0 spiro atoms. The molecule has 0 aliphatic heterocycles. The van der Waals surface area contributed by atoms with Gasteiger partial charge in [0.1, 0.15) is 22.9 Å². The molecule has 0 aliphatic rings. The van der Waals surface area contributed by atoms with Gasteiger partial charge in [-0.25, -0.2) is 8.42 Å². The molecule has 0 unspecified atom stereocenters. The minimum Gasteiger partial charge on any atom is -0.461 e. The third-order valence-electron chi connectivity index (χ3n) is 4.72. The maximum atomic E-state index is 11.6. The number of fused-ring (bicyclic) bond motifs is 1. The summed E-state index contributed by atoms with van der Waals surface area (Å²) in [6.07, 6.45) is 2.94. The average Bonchev–Trinajstić information content (AvgIpc) is 3.23. The lowest BCUT2D eigenvalue weighted by Crippen LogP contribution is -2.09. The SMILES string of the molecule is CCCc1oc2ccc(-c3cccc(NS(C)(=O)=O)c3)cc2c1-c1ccc(C)o1. The van der Waals surface area contributed by atoms with Crippen LogP contribution < -0.4 is 4.72 Å². The van der Waals surface area contributed by atoms with E-state index in [1.54, 1.807) is 6.07 Å². The molecule has 2 aromatic carbocycles. The molecule has 0 amide bonds. The maximum Gasteiger partial charge on any atom is 0.229 e. The van der Waals surface area contributed by atoms with E-state index in [0.717, 1.165) is 64.0 Å².